The van der Waals surface area contributed by atoms with Gasteiger partial charge < -0.3 is 14.0 Å². The Hall–Kier alpha value is -3.87. The molecule has 0 radical (unpaired) electrons. The molecule has 0 fully saturated rings. The van der Waals surface area contributed by atoms with Gasteiger partial charge in [0.2, 0.25) is 0 Å². The Labute approximate surface area is 178 Å². The van der Waals surface area contributed by atoms with Crippen LogP contribution in [0, 0.1) is 0 Å². The number of fused-ring (bicyclic) bond motifs is 5. The SMILES string of the molecule is CCOC(=O)c1c2c(c3n1CCc1ccccc1-3)C(=O)N(c1ccc(OC)cc1)C2=O. The summed E-state index contributed by atoms with van der Waals surface area (Å²) in [4.78, 5) is 41.0. The summed E-state index contributed by atoms with van der Waals surface area (Å²) in [6, 6.07) is 14.4. The van der Waals surface area contributed by atoms with Crippen molar-refractivity contribution in [2.75, 3.05) is 18.6 Å². The number of carbonyl (C=O) groups excluding carboxylic acids is 3. The van der Waals surface area contributed by atoms with Gasteiger partial charge in [-0.15, -0.1) is 0 Å². The van der Waals surface area contributed by atoms with E-state index in [1.165, 1.54) is 0 Å². The Bertz CT molecular complexity index is 1240. The molecule has 0 atom stereocenters. The fourth-order valence-electron chi connectivity index (χ4n) is 4.43. The van der Waals surface area contributed by atoms with Crippen LogP contribution >= 0.6 is 0 Å². The zero-order chi connectivity index (χ0) is 21.7. The summed E-state index contributed by atoms with van der Waals surface area (Å²) in [5, 5.41) is 0. The number of hydrogen-bond acceptors (Lipinski definition) is 5. The molecule has 2 amide bonds. The lowest BCUT2D eigenvalue weighted by atomic mass is 9.96. The van der Waals surface area contributed by atoms with Gasteiger partial charge in [-0.05, 0) is 43.2 Å². The van der Waals surface area contributed by atoms with Crippen LogP contribution in [-0.4, -0.2) is 36.1 Å². The van der Waals surface area contributed by atoms with Crippen molar-refractivity contribution in [3.8, 4) is 17.0 Å². The van der Waals surface area contributed by atoms with Crippen LogP contribution < -0.4 is 9.64 Å². The minimum atomic E-state index is -0.595. The molecule has 7 nitrogen and oxygen atoms in total. The third kappa shape index (κ3) is 2.70. The van der Waals surface area contributed by atoms with Gasteiger partial charge in [0, 0.05) is 12.1 Å². The summed E-state index contributed by atoms with van der Waals surface area (Å²) in [5.74, 6) is -0.945. The van der Waals surface area contributed by atoms with E-state index in [-0.39, 0.29) is 23.4 Å². The molecule has 31 heavy (non-hydrogen) atoms. The van der Waals surface area contributed by atoms with Crippen LogP contribution in [0.15, 0.2) is 48.5 Å². The standard InChI is InChI=1S/C24H20N2O5/c1-3-31-24(29)21-19-18(20-17-7-5-4-6-14(17)12-13-25(20)21)22(27)26(23(19)28)15-8-10-16(30-2)11-9-15/h4-11H,3,12-13H2,1-2H3. The van der Waals surface area contributed by atoms with E-state index >= 15 is 0 Å². The van der Waals surface area contributed by atoms with Crippen molar-refractivity contribution in [1.82, 2.24) is 4.57 Å². The molecule has 2 aromatic carbocycles. The number of benzene rings is 2. The van der Waals surface area contributed by atoms with E-state index < -0.39 is 17.8 Å². The average molecular weight is 416 g/mol. The second-order valence-corrected chi connectivity index (χ2v) is 7.37. The molecular formula is C24H20N2O5. The molecule has 3 heterocycles. The molecule has 0 saturated heterocycles. The third-order valence-electron chi connectivity index (χ3n) is 5.77. The van der Waals surface area contributed by atoms with Gasteiger partial charge in [-0.3, -0.25) is 9.59 Å². The maximum atomic E-state index is 13.5. The van der Waals surface area contributed by atoms with E-state index in [1.54, 1.807) is 42.9 Å². The number of aryl methyl sites for hydroxylation is 1. The highest BCUT2D eigenvalue weighted by molar-refractivity contribution is 6.38. The molecule has 7 heteroatoms. The maximum absolute atomic E-state index is 13.5. The molecule has 0 saturated carbocycles. The first-order chi connectivity index (χ1) is 15.1. The molecule has 2 aliphatic rings. The summed E-state index contributed by atoms with van der Waals surface area (Å²) < 4.78 is 12.2. The van der Waals surface area contributed by atoms with E-state index in [2.05, 4.69) is 0 Å². The molecule has 0 unspecified atom stereocenters. The number of aromatic nitrogens is 1. The van der Waals surface area contributed by atoms with Crippen LogP contribution in [-0.2, 0) is 17.7 Å². The highest BCUT2D eigenvalue weighted by Gasteiger charge is 2.47. The number of ether oxygens (including phenoxy) is 2. The van der Waals surface area contributed by atoms with Crippen LogP contribution in [0.2, 0.25) is 0 Å². The third-order valence-corrected chi connectivity index (χ3v) is 5.77. The van der Waals surface area contributed by atoms with Gasteiger partial charge in [-0.2, -0.15) is 0 Å². The van der Waals surface area contributed by atoms with Gasteiger partial charge >= 0.3 is 5.97 Å². The van der Waals surface area contributed by atoms with E-state index in [0.29, 0.717) is 30.1 Å². The molecular weight excluding hydrogens is 396 g/mol. The van der Waals surface area contributed by atoms with Crippen molar-refractivity contribution in [3.05, 3.63) is 70.9 Å². The van der Waals surface area contributed by atoms with Crippen molar-refractivity contribution < 1.29 is 23.9 Å². The van der Waals surface area contributed by atoms with Crippen LogP contribution in [0.4, 0.5) is 5.69 Å². The van der Waals surface area contributed by atoms with Crippen molar-refractivity contribution in [2.24, 2.45) is 0 Å². The number of nitrogens with zero attached hydrogens (tertiary/aromatic N) is 2. The quantitative estimate of drug-likeness (QED) is 0.479. The minimum Gasteiger partial charge on any atom is -0.497 e. The molecule has 0 spiro atoms. The predicted molar refractivity (Wildman–Crippen MR) is 114 cm³/mol. The summed E-state index contributed by atoms with van der Waals surface area (Å²) in [6.07, 6.45) is 0.702. The first kappa shape index (κ1) is 19.1. The number of rotatable bonds is 4. The normalized spacial score (nSPS) is 14.2. The smallest absolute Gasteiger partial charge is 0.355 e. The van der Waals surface area contributed by atoms with Crippen LogP contribution in [0.5, 0.6) is 5.75 Å². The number of hydrogen-bond donors (Lipinski definition) is 0. The summed E-state index contributed by atoms with van der Waals surface area (Å²) in [7, 11) is 1.55. The van der Waals surface area contributed by atoms with E-state index in [0.717, 1.165) is 16.0 Å². The van der Waals surface area contributed by atoms with Crippen molar-refractivity contribution in [3.63, 3.8) is 0 Å². The fourth-order valence-corrected chi connectivity index (χ4v) is 4.43. The Morgan fingerprint density at radius 1 is 1.00 bits per heavy atom. The molecule has 5 rings (SSSR count). The molecule has 3 aromatic rings. The number of imide groups is 1. The topological polar surface area (TPSA) is 77.8 Å². The van der Waals surface area contributed by atoms with Crippen LogP contribution in [0.25, 0.3) is 11.3 Å². The van der Waals surface area contributed by atoms with Crippen LogP contribution in [0.1, 0.15) is 43.7 Å². The monoisotopic (exact) mass is 416 g/mol. The number of anilines is 1. The van der Waals surface area contributed by atoms with Gasteiger partial charge in [0.25, 0.3) is 11.8 Å². The molecule has 1 aromatic heterocycles. The fraction of sp³-hybridized carbons (Fsp3) is 0.208. The average Bonchev–Trinajstić information content (AvgIpc) is 3.27. The van der Waals surface area contributed by atoms with Gasteiger partial charge in [0.05, 0.1) is 36.2 Å². The second kappa shape index (κ2) is 7.12. The zero-order valence-electron chi connectivity index (χ0n) is 17.2. The van der Waals surface area contributed by atoms with Gasteiger partial charge in [0.15, 0.2) is 0 Å². The molecule has 156 valence electrons. The maximum Gasteiger partial charge on any atom is 0.355 e. The minimum absolute atomic E-state index is 0.117. The number of carbonyl (C=O) groups is 3. The Balaban J connectivity index is 1.73. The lowest BCUT2D eigenvalue weighted by Crippen LogP contribution is -2.32. The number of amides is 2. The van der Waals surface area contributed by atoms with Gasteiger partial charge in [-0.1, -0.05) is 24.3 Å². The van der Waals surface area contributed by atoms with Crippen molar-refractivity contribution in [2.45, 2.75) is 19.9 Å². The largest absolute Gasteiger partial charge is 0.497 e. The van der Waals surface area contributed by atoms with E-state index in [9.17, 15) is 14.4 Å². The highest BCUT2D eigenvalue weighted by Crippen LogP contribution is 2.43. The van der Waals surface area contributed by atoms with Crippen molar-refractivity contribution >= 4 is 23.5 Å². The lowest BCUT2D eigenvalue weighted by molar-refractivity contribution is 0.0510. The lowest BCUT2D eigenvalue weighted by Gasteiger charge is -2.23. The Morgan fingerprint density at radius 3 is 2.42 bits per heavy atom. The molecule has 2 aliphatic heterocycles. The number of esters is 1. The molecule has 0 N–H and O–H groups in total. The Morgan fingerprint density at radius 2 is 1.71 bits per heavy atom. The molecule has 0 bridgehead atoms. The summed E-state index contributed by atoms with van der Waals surface area (Å²) in [5.41, 5.74) is 3.49. The van der Waals surface area contributed by atoms with Crippen LogP contribution in [0.3, 0.4) is 0 Å². The Kier molecular flexibility index (Phi) is 4.39. The number of methoxy groups -OCH3 is 1. The molecule has 0 aliphatic carbocycles. The van der Waals surface area contributed by atoms with Gasteiger partial charge in [-0.25, -0.2) is 9.69 Å². The second-order valence-electron chi connectivity index (χ2n) is 7.37. The van der Waals surface area contributed by atoms with E-state index in [4.69, 9.17) is 9.47 Å². The highest BCUT2D eigenvalue weighted by atomic mass is 16.5. The predicted octanol–water partition coefficient (Wildman–Crippen LogP) is 3.70. The summed E-state index contributed by atoms with van der Waals surface area (Å²) >= 11 is 0. The zero-order valence-corrected chi connectivity index (χ0v) is 17.2. The van der Waals surface area contributed by atoms with E-state index in [1.807, 2.05) is 24.3 Å². The van der Waals surface area contributed by atoms with Gasteiger partial charge in [0.1, 0.15) is 11.4 Å². The first-order valence-corrected chi connectivity index (χ1v) is 10.1. The van der Waals surface area contributed by atoms with Crippen molar-refractivity contribution in [1.29, 1.82) is 0 Å². The summed E-state index contributed by atoms with van der Waals surface area (Å²) in [6.45, 7) is 2.38. The first-order valence-electron chi connectivity index (χ1n) is 10.1.